The Morgan fingerprint density at radius 2 is 0.958 bits per heavy atom. The van der Waals surface area contributed by atoms with Gasteiger partial charge in [0.15, 0.2) is 5.82 Å². The number of nitrogens with zero attached hydrogens (tertiary/aromatic N) is 2. The first-order valence-electron chi connectivity index (χ1n) is 16.3. The Hall–Kier alpha value is -5.77. The molecule has 0 radical (unpaired) electrons. The first-order chi connectivity index (χ1) is 23.8. The summed E-state index contributed by atoms with van der Waals surface area (Å²) in [6.07, 6.45) is 0. The Morgan fingerprint density at radius 1 is 0.396 bits per heavy atom. The molecule has 0 saturated heterocycles. The second-order valence-electron chi connectivity index (χ2n) is 12.5. The van der Waals surface area contributed by atoms with Crippen LogP contribution in [0.5, 0.6) is 0 Å². The summed E-state index contributed by atoms with van der Waals surface area (Å²) in [6, 6.07) is 61.2. The van der Waals surface area contributed by atoms with Crippen LogP contribution in [0.15, 0.2) is 180 Å². The van der Waals surface area contributed by atoms with E-state index in [1.54, 1.807) is 0 Å². The van der Waals surface area contributed by atoms with Crippen molar-refractivity contribution in [1.82, 2.24) is 9.97 Å². The smallest absolute Gasteiger partial charge is 0.160 e. The van der Waals surface area contributed by atoms with Crippen molar-refractivity contribution in [1.29, 1.82) is 0 Å². The molecule has 8 aromatic rings. The molecule has 224 valence electrons. The van der Waals surface area contributed by atoms with E-state index >= 15 is 0 Å². The second kappa shape index (κ2) is 10.6. The fourth-order valence-corrected chi connectivity index (χ4v) is 9.16. The van der Waals surface area contributed by atoms with Gasteiger partial charge in [-0.25, -0.2) is 9.97 Å². The molecule has 0 bridgehead atoms. The molecule has 0 saturated carbocycles. The molecule has 1 spiro atoms. The maximum atomic E-state index is 5.46. The van der Waals surface area contributed by atoms with Crippen LogP contribution in [0, 0.1) is 0 Å². The molecule has 2 nitrogen and oxygen atoms in total. The zero-order valence-corrected chi connectivity index (χ0v) is 26.8. The van der Waals surface area contributed by atoms with Crippen LogP contribution in [-0.4, -0.2) is 9.97 Å². The summed E-state index contributed by atoms with van der Waals surface area (Å²) >= 11 is 1.87. The average molecular weight is 629 g/mol. The zero-order chi connectivity index (χ0) is 31.7. The van der Waals surface area contributed by atoms with Crippen molar-refractivity contribution in [3.8, 4) is 44.9 Å². The second-order valence-corrected chi connectivity index (χ2v) is 13.6. The molecule has 0 amide bonds. The van der Waals surface area contributed by atoms with E-state index < -0.39 is 5.41 Å². The van der Waals surface area contributed by atoms with E-state index in [0.717, 1.165) is 33.5 Å². The standard InChI is InChI=1S/C45H28N2S/c1-2-13-29(14-3-1)30-25-27-31(28-26-30)44-46-39-22-9-5-16-34(39)43(47-44)35-18-12-17-33-32-15-4-6-19-36(32)45(42(33)35)37-20-7-10-23-40(37)48-41-24-11-8-21-38(41)45/h1-28H. The van der Waals surface area contributed by atoms with Crippen molar-refractivity contribution >= 4 is 22.7 Å². The highest BCUT2D eigenvalue weighted by molar-refractivity contribution is 7.99. The number of para-hydroxylation sites is 1. The lowest BCUT2D eigenvalue weighted by Crippen LogP contribution is -2.32. The molecule has 3 heteroatoms. The third kappa shape index (κ3) is 3.89. The monoisotopic (exact) mass is 628 g/mol. The summed E-state index contributed by atoms with van der Waals surface area (Å²) in [6.45, 7) is 0. The van der Waals surface area contributed by atoms with Gasteiger partial charge in [-0.1, -0.05) is 163 Å². The first kappa shape index (κ1) is 27.4. The molecule has 1 aromatic heterocycles. The predicted octanol–water partition coefficient (Wildman–Crippen LogP) is 11.5. The molecular formula is C45H28N2S. The van der Waals surface area contributed by atoms with E-state index in [2.05, 4.69) is 170 Å². The summed E-state index contributed by atoms with van der Waals surface area (Å²) < 4.78 is 0. The van der Waals surface area contributed by atoms with E-state index in [1.807, 2.05) is 11.8 Å². The van der Waals surface area contributed by atoms with Gasteiger partial charge in [0.05, 0.1) is 16.6 Å². The maximum Gasteiger partial charge on any atom is 0.160 e. The van der Waals surface area contributed by atoms with Gasteiger partial charge < -0.3 is 0 Å². The lowest BCUT2D eigenvalue weighted by atomic mass is 9.66. The molecule has 0 unspecified atom stereocenters. The highest BCUT2D eigenvalue weighted by atomic mass is 32.2. The van der Waals surface area contributed by atoms with Crippen molar-refractivity contribution in [3.63, 3.8) is 0 Å². The predicted molar refractivity (Wildman–Crippen MR) is 197 cm³/mol. The van der Waals surface area contributed by atoms with E-state index in [-0.39, 0.29) is 0 Å². The summed E-state index contributed by atoms with van der Waals surface area (Å²) in [5, 5.41) is 1.05. The van der Waals surface area contributed by atoms with Gasteiger partial charge in [0, 0.05) is 26.3 Å². The average Bonchev–Trinajstić information content (AvgIpc) is 3.46. The van der Waals surface area contributed by atoms with E-state index in [1.165, 1.54) is 54.3 Å². The minimum absolute atomic E-state index is 0.496. The zero-order valence-electron chi connectivity index (χ0n) is 26.0. The Labute approximate surface area is 283 Å². The molecular weight excluding hydrogens is 601 g/mol. The van der Waals surface area contributed by atoms with E-state index in [0.29, 0.717) is 0 Å². The molecule has 0 fully saturated rings. The summed E-state index contributed by atoms with van der Waals surface area (Å²) in [7, 11) is 0. The molecule has 1 aliphatic carbocycles. The molecule has 1 aliphatic heterocycles. The van der Waals surface area contributed by atoms with Crippen LogP contribution in [0.2, 0.25) is 0 Å². The van der Waals surface area contributed by atoms with Crippen molar-refractivity contribution < 1.29 is 0 Å². The molecule has 2 heterocycles. The van der Waals surface area contributed by atoms with Crippen LogP contribution in [0.4, 0.5) is 0 Å². The van der Waals surface area contributed by atoms with Gasteiger partial charge in [-0.05, 0) is 62.7 Å². The van der Waals surface area contributed by atoms with Gasteiger partial charge in [-0.15, -0.1) is 0 Å². The summed E-state index contributed by atoms with van der Waals surface area (Å²) in [5.41, 5.74) is 13.7. The Balaban J connectivity index is 1.27. The molecule has 0 atom stereocenters. The van der Waals surface area contributed by atoms with Crippen molar-refractivity contribution in [3.05, 3.63) is 192 Å². The van der Waals surface area contributed by atoms with Crippen molar-refractivity contribution in [2.75, 3.05) is 0 Å². The quantitative estimate of drug-likeness (QED) is 0.195. The Bertz CT molecular complexity index is 2490. The number of hydrogen-bond acceptors (Lipinski definition) is 3. The van der Waals surface area contributed by atoms with Crippen molar-refractivity contribution in [2.45, 2.75) is 15.2 Å². The molecule has 0 N–H and O–H groups in total. The summed E-state index contributed by atoms with van der Waals surface area (Å²) in [5.74, 6) is 0.727. The summed E-state index contributed by atoms with van der Waals surface area (Å²) in [4.78, 5) is 13.2. The SMILES string of the molecule is c1ccc(-c2ccc(-c3nc(-c4cccc5c4C4(c6ccccc6Sc6ccccc64)c4ccccc4-5)c4ccccc4n3)cc2)cc1. The Morgan fingerprint density at radius 3 is 1.73 bits per heavy atom. The highest BCUT2D eigenvalue weighted by Crippen LogP contribution is 2.63. The normalized spacial score (nSPS) is 13.5. The third-order valence-corrected chi connectivity index (χ3v) is 11.1. The van der Waals surface area contributed by atoms with Gasteiger partial charge in [-0.2, -0.15) is 0 Å². The van der Waals surface area contributed by atoms with Gasteiger partial charge in [0.25, 0.3) is 0 Å². The molecule has 48 heavy (non-hydrogen) atoms. The van der Waals surface area contributed by atoms with Crippen LogP contribution in [0.1, 0.15) is 22.3 Å². The van der Waals surface area contributed by atoms with Gasteiger partial charge in [0.1, 0.15) is 0 Å². The van der Waals surface area contributed by atoms with Crippen LogP contribution in [0.3, 0.4) is 0 Å². The number of rotatable bonds is 3. The minimum Gasteiger partial charge on any atom is -0.228 e. The number of aromatic nitrogens is 2. The third-order valence-electron chi connectivity index (χ3n) is 9.97. The van der Waals surface area contributed by atoms with Gasteiger partial charge in [-0.3, -0.25) is 0 Å². The van der Waals surface area contributed by atoms with Gasteiger partial charge in [0.2, 0.25) is 0 Å². The maximum absolute atomic E-state index is 5.46. The molecule has 2 aliphatic rings. The van der Waals surface area contributed by atoms with Crippen LogP contribution < -0.4 is 0 Å². The van der Waals surface area contributed by atoms with Crippen molar-refractivity contribution in [2.24, 2.45) is 0 Å². The topological polar surface area (TPSA) is 25.8 Å². The van der Waals surface area contributed by atoms with E-state index in [4.69, 9.17) is 9.97 Å². The number of hydrogen-bond donors (Lipinski definition) is 0. The molecule has 10 rings (SSSR count). The fraction of sp³-hybridized carbons (Fsp3) is 0.0222. The Kier molecular flexibility index (Phi) is 6.06. The van der Waals surface area contributed by atoms with Gasteiger partial charge >= 0.3 is 0 Å². The van der Waals surface area contributed by atoms with Crippen LogP contribution in [0.25, 0.3) is 55.8 Å². The lowest BCUT2D eigenvalue weighted by Gasteiger charge is -2.40. The number of fused-ring (bicyclic) bond motifs is 10. The van der Waals surface area contributed by atoms with E-state index in [9.17, 15) is 0 Å². The first-order valence-corrected chi connectivity index (χ1v) is 17.2. The van der Waals surface area contributed by atoms with Crippen LogP contribution >= 0.6 is 11.8 Å². The minimum atomic E-state index is -0.496. The number of benzene rings is 7. The molecule has 7 aromatic carbocycles. The van der Waals surface area contributed by atoms with Crippen LogP contribution in [-0.2, 0) is 5.41 Å². The largest absolute Gasteiger partial charge is 0.228 e. The highest BCUT2D eigenvalue weighted by Gasteiger charge is 2.51. The lowest BCUT2D eigenvalue weighted by molar-refractivity contribution is 0.723. The fourth-order valence-electron chi connectivity index (χ4n) is 7.97.